The van der Waals surface area contributed by atoms with Crippen LogP contribution in [0.5, 0.6) is 5.75 Å². The molecule has 0 radical (unpaired) electrons. The first kappa shape index (κ1) is 32.9. The zero-order valence-corrected chi connectivity index (χ0v) is 24.2. The first-order chi connectivity index (χ1) is 19.9. The number of aromatic nitrogens is 1. The van der Waals surface area contributed by atoms with Gasteiger partial charge in [-0.3, -0.25) is 9.69 Å². The number of hydrogen-bond acceptors (Lipinski definition) is 6. The van der Waals surface area contributed by atoms with Crippen molar-refractivity contribution in [3.63, 3.8) is 0 Å². The Kier molecular flexibility index (Phi) is 13.9. The number of amides is 3. The van der Waals surface area contributed by atoms with Crippen LogP contribution < -0.4 is 15.8 Å². The molecule has 10 heteroatoms. The molecule has 3 N–H and O–H groups in total. The van der Waals surface area contributed by atoms with Gasteiger partial charge in [0.1, 0.15) is 18.4 Å². The third-order valence-electron chi connectivity index (χ3n) is 6.61. The van der Waals surface area contributed by atoms with Crippen LogP contribution in [0.2, 0.25) is 0 Å². The number of nitriles is 1. The number of primary amides is 1. The molecule has 0 saturated carbocycles. The average Bonchev–Trinajstić information content (AvgIpc) is 3.32. The Morgan fingerprint density at radius 3 is 2.34 bits per heavy atom. The molecule has 1 fully saturated rings. The molecule has 1 aromatic heterocycles. The summed E-state index contributed by atoms with van der Waals surface area (Å²) < 4.78 is 13.1. The third-order valence-corrected chi connectivity index (χ3v) is 6.61. The molecule has 2 aliphatic heterocycles. The highest BCUT2D eigenvalue weighted by Gasteiger charge is 2.31. The first-order valence-electron chi connectivity index (χ1n) is 13.6. The number of hydrogen-bond donors (Lipinski definition) is 2. The molecule has 3 amide bonds. The molecule has 0 atom stereocenters. The molecule has 0 bridgehead atoms. The van der Waals surface area contributed by atoms with E-state index in [1.165, 1.54) is 0 Å². The number of allylic oxidation sites excluding steroid dienone is 3. The zero-order valence-electron chi connectivity index (χ0n) is 24.2. The van der Waals surface area contributed by atoms with E-state index in [0.29, 0.717) is 43.2 Å². The Morgan fingerprint density at radius 1 is 1.12 bits per heavy atom. The van der Waals surface area contributed by atoms with Crippen molar-refractivity contribution in [3.05, 3.63) is 84.7 Å². The van der Waals surface area contributed by atoms with Gasteiger partial charge in [0.2, 0.25) is 0 Å². The lowest BCUT2D eigenvalue weighted by Gasteiger charge is -2.30. The molecule has 2 aromatic rings. The van der Waals surface area contributed by atoms with Crippen LogP contribution in [0.15, 0.2) is 62.2 Å². The van der Waals surface area contributed by atoms with Crippen LogP contribution in [0.25, 0.3) is 0 Å². The molecule has 0 spiro atoms. The average molecular weight is 563 g/mol. The fourth-order valence-electron chi connectivity index (χ4n) is 4.50. The molecule has 1 saturated heterocycles. The number of carbonyl (C=O) groups excluding carboxylic acids is 2. The Morgan fingerprint density at radius 2 is 1.78 bits per heavy atom. The first-order valence-corrected chi connectivity index (χ1v) is 13.6. The summed E-state index contributed by atoms with van der Waals surface area (Å²) >= 11 is 0. The van der Waals surface area contributed by atoms with Crippen LogP contribution in [0.1, 0.15) is 41.2 Å². The van der Waals surface area contributed by atoms with Gasteiger partial charge in [-0.25, -0.2) is 4.79 Å². The molecule has 0 aliphatic carbocycles. The molecular weight excluding hydrogens is 520 g/mol. The van der Waals surface area contributed by atoms with Crippen molar-refractivity contribution in [2.75, 3.05) is 51.3 Å². The van der Waals surface area contributed by atoms with Crippen LogP contribution in [-0.2, 0) is 24.2 Å². The van der Waals surface area contributed by atoms with Crippen molar-refractivity contribution < 1.29 is 19.1 Å². The lowest BCUT2D eigenvalue weighted by atomic mass is 10.1. The fraction of sp³-hybridized carbons (Fsp3) is 0.387. The topological polar surface area (TPSA) is 126 Å². The van der Waals surface area contributed by atoms with Gasteiger partial charge >= 0.3 is 6.03 Å². The molecule has 10 nitrogen and oxygen atoms in total. The molecular formula is C31H42N6O4. The maximum atomic E-state index is 12.9. The number of ether oxygens (including phenoxy) is 2. The summed E-state index contributed by atoms with van der Waals surface area (Å²) in [5, 5.41) is 12.5. The van der Waals surface area contributed by atoms with Gasteiger partial charge < -0.3 is 30.0 Å². The number of nitrogens with zero attached hydrogens (tertiary/aromatic N) is 4. The van der Waals surface area contributed by atoms with Gasteiger partial charge in [-0.1, -0.05) is 18.2 Å². The number of nitrogens with one attached hydrogen (secondary N) is 1. The van der Waals surface area contributed by atoms with E-state index in [4.69, 9.17) is 15.2 Å². The number of nitrogens with two attached hydrogens (primary N) is 1. The third kappa shape index (κ3) is 9.10. The van der Waals surface area contributed by atoms with E-state index in [1.54, 1.807) is 23.1 Å². The van der Waals surface area contributed by atoms with E-state index < -0.39 is 5.91 Å². The summed E-state index contributed by atoms with van der Waals surface area (Å²) in [4.78, 5) is 29.0. The Hall–Kier alpha value is -4.33. The number of fused-ring (bicyclic) bond motifs is 1. The normalized spacial score (nSPS) is 14.4. The number of carbonyl (C=O) groups is 2. The van der Waals surface area contributed by atoms with Gasteiger partial charge in [0, 0.05) is 50.5 Å². The predicted octanol–water partition coefficient (Wildman–Crippen LogP) is 4.33. The van der Waals surface area contributed by atoms with Crippen LogP contribution in [0, 0.1) is 11.3 Å². The van der Waals surface area contributed by atoms with Crippen LogP contribution in [-0.4, -0.2) is 72.3 Å². The summed E-state index contributed by atoms with van der Waals surface area (Å²) in [5.74, 6) is 0.0593. The highest BCUT2D eigenvalue weighted by Crippen LogP contribution is 2.28. The molecule has 0 unspecified atom stereocenters. The van der Waals surface area contributed by atoms with Crippen molar-refractivity contribution in [2.24, 2.45) is 5.73 Å². The van der Waals surface area contributed by atoms with E-state index in [0.717, 1.165) is 38.6 Å². The molecule has 41 heavy (non-hydrogen) atoms. The van der Waals surface area contributed by atoms with Crippen molar-refractivity contribution in [3.8, 4) is 11.8 Å². The second-order valence-corrected chi connectivity index (χ2v) is 9.11. The summed E-state index contributed by atoms with van der Waals surface area (Å²) in [6, 6.07) is 9.03. The largest absolute Gasteiger partial charge is 0.492 e. The van der Waals surface area contributed by atoms with Gasteiger partial charge in [0.05, 0.1) is 36.6 Å². The van der Waals surface area contributed by atoms with E-state index >= 15 is 0 Å². The SMILES string of the molecule is C/C=C\C.C=C.C=CCc1c(C#N)c(C(N)=O)c2n1CCN(C(=O)Nc1ccc(OCCN3CCOCC3)cc1)C2. The summed E-state index contributed by atoms with van der Waals surface area (Å²) in [7, 11) is 0. The lowest BCUT2D eigenvalue weighted by Crippen LogP contribution is -2.41. The van der Waals surface area contributed by atoms with E-state index in [1.807, 2.05) is 42.7 Å². The van der Waals surface area contributed by atoms with E-state index in [9.17, 15) is 14.9 Å². The summed E-state index contributed by atoms with van der Waals surface area (Å²) in [5.41, 5.74) is 7.96. The quantitative estimate of drug-likeness (QED) is 0.461. The van der Waals surface area contributed by atoms with Crippen molar-refractivity contribution in [1.82, 2.24) is 14.4 Å². The fourth-order valence-corrected chi connectivity index (χ4v) is 4.50. The highest BCUT2D eigenvalue weighted by atomic mass is 16.5. The summed E-state index contributed by atoms with van der Waals surface area (Å²) in [6.45, 7) is 19.6. The smallest absolute Gasteiger partial charge is 0.322 e. The number of morpholine rings is 1. The van der Waals surface area contributed by atoms with Gasteiger partial charge in [-0.05, 0) is 38.1 Å². The van der Waals surface area contributed by atoms with Crippen molar-refractivity contribution in [2.45, 2.75) is 33.4 Å². The minimum atomic E-state index is -0.674. The molecule has 4 rings (SSSR count). The molecule has 1 aromatic carbocycles. The standard InChI is InChI=1S/C25H30N6O4.C4H8.C2H4/c1-2-3-21-20(16-26)23(24(27)32)22-17-30(8-9-31(21)22)25(33)28-18-4-6-19(7-5-18)35-15-12-29-10-13-34-14-11-29;1-3-4-2;1-2/h2,4-7H,1,3,8-15,17H2,(H2,27,32)(H,28,33);3-4H,1-2H3;1-2H2/b;4-3-;. The minimum Gasteiger partial charge on any atom is -0.492 e. The Balaban J connectivity index is 0.000000902. The number of anilines is 1. The number of benzene rings is 1. The van der Waals surface area contributed by atoms with Gasteiger partial charge in [0.25, 0.3) is 5.91 Å². The van der Waals surface area contributed by atoms with Gasteiger partial charge in [-0.2, -0.15) is 5.26 Å². The number of urea groups is 1. The Labute approximate surface area is 243 Å². The maximum Gasteiger partial charge on any atom is 0.322 e. The molecule has 2 aliphatic rings. The van der Waals surface area contributed by atoms with Crippen LogP contribution in [0.4, 0.5) is 10.5 Å². The van der Waals surface area contributed by atoms with E-state index in [-0.39, 0.29) is 23.7 Å². The lowest BCUT2D eigenvalue weighted by molar-refractivity contribution is 0.0322. The highest BCUT2D eigenvalue weighted by molar-refractivity contribution is 5.98. The van der Waals surface area contributed by atoms with E-state index in [2.05, 4.69) is 36.0 Å². The monoisotopic (exact) mass is 562 g/mol. The van der Waals surface area contributed by atoms with Crippen molar-refractivity contribution in [1.29, 1.82) is 5.26 Å². The maximum absolute atomic E-state index is 12.9. The van der Waals surface area contributed by atoms with Gasteiger partial charge in [0.15, 0.2) is 0 Å². The second-order valence-electron chi connectivity index (χ2n) is 9.11. The van der Waals surface area contributed by atoms with Crippen LogP contribution >= 0.6 is 0 Å². The summed E-state index contributed by atoms with van der Waals surface area (Å²) in [6.07, 6.45) is 6.12. The second kappa shape index (κ2) is 17.4. The molecule has 3 heterocycles. The predicted molar refractivity (Wildman–Crippen MR) is 162 cm³/mol. The molecule has 220 valence electrons. The minimum absolute atomic E-state index is 0.179. The Bertz CT molecular complexity index is 1220. The number of rotatable bonds is 8. The van der Waals surface area contributed by atoms with Gasteiger partial charge in [-0.15, -0.1) is 19.7 Å². The van der Waals surface area contributed by atoms with Crippen molar-refractivity contribution >= 4 is 17.6 Å². The zero-order chi connectivity index (χ0) is 30.2. The van der Waals surface area contributed by atoms with Crippen LogP contribution in [0.3, 0.4) is 0 Å².